The second kappa shape index (κ2) is 7.78. The van der Waals surface area contributed by atoms with Crippen LogP contribution in [0.2, 0.25) is 0 Å². The zero-order chi connectivity index (χ0) is 23.1. The van der Waals surface area contributed by atoms with Gasteiger partial charge in [0.15, 0.2) is 5.58 Å². The van der Waals surface area contributed by atoms with Crippen molar-refractivity contribution >= 4 is 22.1 Å². The lowest BCUT2D eigenvalue weighted by Crippen LogP contribution is -1.91. The Labute approximate surface area is 188 Å². The van der Waals surface area contributed by atoms with Crippen molar-refractivity contribution in [2.75, 3.05) is 0 Å². The van der Waals surface area contributed by atoms with Crippen molar-refractivity contribution in [2.24, 2.45) is 0 Å². The molecule has 0 N–H and O–H groups in total. The molecular weight excluding hydrogens is 392 g/mol. The molecule has 3 nitrogen and oxygen atoms in total. The summed E-state index contributed by atoms with van der Waals surface area (Å²) < 4.78 is 23.6. The minimum Gasteiger partial charge on any atom is -0.454 e. The maximum Gasteiger partial charge on any atom is 0.153 e. The van der Waals surface area contributed by atoms with Crippen LogP contribution in [0.25, 0.3) is 44.5 Å². The summed E-state index contributed by atoms with van der Waals surface area (Å²) in [6.45, 7) is 0. The van der Waals surface area contributed by atoms with Gasteiger partial charge in [-0.25, -0.2) is 4.98 Å². The molecule has 3 heteroatoms. The van der Waals surface area contributed by atoms with E-state index in [1.54, 1.807) is 24.3 Å². The molecular formula is C29H20N2O. The molecule has 0 bridgehead atoms. The van der Waals surface area contributed by atoms with E-state index in [0.717, 1.165) is 27.8 Å². The Hall–Kier alpha value is -4.24. The molecule has 3 aromatic carbocycles. The van der Waals surface area contributed by atoms with Crippen molar-refractivity contribution in [3.63, 3.8) is 0 Å². The van der Waals surface area contributed by atoms with Crippen LogP contribution in [0, 0.1) is 0 Å². The lowest BCUT2D eigenvalue weighted by Gasteiger charge is -2.05. The number of furan rings is 1. The maximum absolute atomic E-state index is 8.69. The second-order valence-corrected chi connectivity index (χ2v) is 7.61. The van der Waals surface area contributed by atoms with Gasteiger partial charge in [-0.15, -0.1) is 0 Å². The monoisotopic (exact) mass is 414 g/mol. The summed E-state index contributed by atoms with van der Waals surface area (Å²) in [7, 11) is 0. The molecule has 0 aliphatic carbocycles. The molecule has 0 spiro atoms. The smallest absolute Gasteiger partial charge is 0.153 e. The topological polar surface area (TPSA) is 38.9 Å². The van der Waals surface area contributed by atoms with Gasteiger partial charge in [-0.2, -0.15) is 0 Å². The second-order valence-electron chi connectivity index (χ2n) is 7.61. The van der Waals surface area contributed by atoms with E-state index in [2.05, 4.69) is 23.2 Å². The van der Waals surface area contributed by atoms with Gasteiger partial charge >= 0.3 is 0 Å². The van der Waals surface area contributed by atoms with Crippen LogP contribution < -0.4 is 0 Å². The Kier molecular flexibility index (Phi) is 4.00. The van der Waals surface area contributed by atoms with E-state index in [9.17, 15) is 0 Å². The Bertz CT molecular complexity index is 1630. The van der Waals surface area contributed by atoms with Gasteiger partial charge in [0.05, 0.1) is 5.69 Å². The Morgan fingerprint density at radius 1 is 0.750 bits per heavy atom. The molecule has 32 heavy (non-hydrogen) atoms. The normalized spacial score (nSPS) is 12.6. The third kappa shape index (κ3) is 3.34. The van der Waals surface area contributed by atoms with Crippen LogP contribution in [-0.4, -0.2) is 9.97 Å². The fraction of sp³-hybridized carbons (Fsp3) is 0.0345. The molecule has 0 radical (unpaired) electrons. The van der Waals surface area contributed by atoms with Crippen molar-refractivity contribution in [3.05, 3.63) is 121 Å². The number of hydrogen-bond acceptors (Lipinski definition) is 3. The minimum atomic E-state index is -1.72. The highest BCUT2D eigenvalue weighted by molar-refractivity contribution is 6.07. The molecule has 3 heterocycles. The van der Waals surface area contributed by atoms with E-state index >= 15 is 0 Å². The largest absolute Gasteiger partial charge is 0.454 e. The van der Waals surface area contributed by atoms with E-state index in [4.69, 9.17) is 12.1 Å². The van der Waals surface area contributed by atoms with Gasteiger partial charge in [0, 0.05) is 32.0 Å². The average Bonchev–Trinajstić information content (AvgIpc) is 3.28. The van der Waals surface area contributed by atoms with E-state index < -0.39 is 6.37 Å². The molecule has 6 aromatic rings. The standard InChI is InChI=1S/C29H20N2O/c1-3-8-20(9-4-1)18-23-14-15-27-28(31-23)25-13-7-12-24(29(25)32-27)26-19-22(16-17-30-26)21-10-5-2-6-11-21/h1-17,19H,18H2/i18D2. The lowest BCUT2D eigenvalue weighted by molar-refractivity contribution is 0.668. The fourth-order valence-corrected chi connectivity index (χ4v) is 3.99. The van der Waals surface area contributed by atoms with E-state index in [-0.39, 0.29) is 0 Å². The van der Waals surface area contributed by atoms with Crippen LogP contribution in [0.3, 0.4) is 0 Å². The molecule has 0 aliphatic rings. The Morgan fingerprint density at radius 3 is 2.41 bits per heavy atom. The van der Waals surface area contributed by atoms with Crippen molar-refractivity contribution in [1.82, 2.24) is 9.97 Å². The highest BCUT2D eigenvalue weighted by Gasteiger charge is 2.15. The highest BCUT2D eigenvalue weighted by atomic mass is 16.3. The lowest BCUT2D eigenvalue weighted by atomic mass is 10.0. The van der Waals surface area contributed by atoms with Crippen molar-refractivity contribution in [3.8, 4) is 22.4 Å². The predicted molar refractivity (Wildman–Crippen MR) is 129 cm³/mol. The Morgan fingerprint density at radius 2 is 1.56 bits per heavy atom. The first kappa shape index (κ1) is 16.5. The summed E-state index contributed by atoms with van der Waals surface area (Å²) >= 11 is 0. The van der Waals surface area contributed by atoms with Crippen LogP contribution in [-0.2, 0) is 6.37 Å². The number of fused-ring (bicyclic) bond motifs is 3. The summed E-state index contributed by atoms with van der Waals surface area (Å²) in [5.74, 6) is 0. The number of hydrogen-bond donors (Lipinski definition) is 0. The van der Waals surface area contributed by atoms with Gasteiger partial charge in [0.1, 0.15) is 11.1 Å². The van der Waals surface area contributed by atoms with Crippen LogP contribution in [0.1, 0.15) is 14.0 Å². The van der Waals surface area contributed by atoms with Gasteiger partial charge in [0.2, 0.25) is 0 Å². The zero-order valence-corrected chi connectivity index (χ0v) is 17.2. The molecule has 0 fully saturated rings. The SMILES string of the molecule is [2H]C([2H])(c1ccccc1)c1ccc2oc3c(-c4cc(-c5ccccc5)ccn4)cccc3c2n1. The Balaban J connectivity index is 1.49. The highest BCUT2D eigenvalue weighted by Crippen LogP contribution is 2.35. The first-order chi connectivity index (χ1) is 16.6. The van der Waals surface area contributed by atoms with Crippen LogP contribution >= 0.6 is 0 Å². The number of pyridine rings is 2. The molecule has 0 atom stereocenters. The average molecular weight is 415 g/mol. The fourth-order valence-electron chi connectivity index (χ4n) is 3.99. The van der Waals surface area contributed by atoms with E-state index in [0.29, 0.717) is 27.9 Å². The van der Waals surface area contributed by atoms with Gasteiger partial charge < -0.3 is 4.42 Å². The third-order valence-corrected chi connectivity index (χ3v) is 5.53. The van der Waals surface area contributed by atoms with Crippen LogP contribution in [0.4, 0.5) is 0 Å². The number of para-hydroxylation sites is 1. The molecule has 0 amide bonds. The molecule has 152 valence electrons. The minimum absolute atomic E-state index is 0.350. The van der Waals surface area contributed by atoms with Crippen LogP contribution in [0.5, 0.6) is 0 Å². The molecule has 3 aromatic heterocycles. The van der Waals surface area contributed by atoms with Gasteiger partial charge in [-0.05, 0) is 53.1 Å². The van der Waals surface area contributed by atoms with E-state index in [1.807, 2.05) is 66.9 Å². The molecule has 6 rings (SSSR count). The van der Waals surface area contributed by atoms with Gasteiger partial charge in [0.25, 0.3) is 0 Å². The van der Waals surface area contributed by atoms with Crippen molar-refractivity contribution < 1.29 is 7.16 Å². The molecule has 0 aliphatic heterocycles. The van der Waals surface area contributed by atoms with Crippen LogP contribution in [0.15, 0.2) is 114 Å². The van der Waals surface area contributed by atoms with Gasteiger partial charge in [-0.3, -0.25) is 4.98 Å². The number of rotatable bonds is 4. The summed E-state index contributed by atoms with van der Waals surface area (Å²) in [4.78, 5) is 9.33. The quantitative estimate of drug-likeness (QED) is 0.304. The summed E-state index contributed by atoms with van der Waals surface area (Å²) in [5, 5.41) is 0.838. The summed E-state index contributed by atoms with van der Waals surface area (Å²) in [6, 6.07) is 32.8. The predicted octanol–water partition coefficient (Wildman–Crippen LogP) is 7.30. The summed E-state index contributed by atoms with van der Waals surface area (Å²) in [6.07, 6.45) is 0.0894. The third-order valence-electron chi connectivity index (χ3n) is 5.53. The first-order valence-corrected chi connectivity index (χ1v) is 10.5. The zero-order valence-electron chi connectivity index (χ0n) is 19.2. The number of aromatic nitrogens is 2. The van der Waals surface area contributed by atoms with Gasteiger partial charge in [-0.1, -0.05) is 66.7 Å². The van der Waals surface area contributed by atoms with Crippen molar-refractivity contribution in [1.29, 1.82) is 0 Å². The maximum atomic E-state index is 8.69. The van der Waals surface area contributed by atoms with E-state index in [1.165, 1.54) is 0 Å². The molecule has 0 saturated carbocycles. The number of nitrogens with zero attached hydrogens (tertiary/aromatic N) is 2. The van der Waals surface area contributed by atoms with Crippen molar-refractivity contribution in [2.45, 2.75) is 6.37 Å². The first-order valence-electron chi connectivity index (χ1n) is 11.5. The molecule has 0 unspecified atom stereocenters. The number of benzene rings is 3. The summed E-state index contributed by atoms with van der Waals surface area (Å²) in [5.41, 5.74) is 6.77. The molecule has 0 saturated heterocycles.